The van der Waals surface area contributed by atoms with Gasteiger partial charge in [0.2, 0.25) is 23.6 Å². The molecule has 0 spiro atoms. The second-order valence-electron chi connectivity index (χ2n) is 19.8. The van der Waals surface area contributed by atoms with Crippen molar-refractivity contribution in [2.24, 2.45) is 5.92 Å². The van der Waals surface area contributed by atoms with Crippen LogP contribution in [0.5, 0.6) is 0 Å². The third kappa shape index (κ3) is 18.3. The van der Waals surface area contributed by atoms with Gasteiger partial charge in [-0.3, -0.25) is 19.2 Å². The fraction of sp³-hybridized carbons (Fsp3) is 0.878. The summed E-state index contributed by atoms with van der Waals surface area (Å²) in [5, 5.41) is 119. The van der Waals surface area contributed by atoms with Gasteiger partial charge in [-0.1, -0.05) is 70.4 Å². The highest BCUT2D eigenvalue weighted by atomic mass is 16.7. The Morgan fingerprint density at radius 3 is 1.33 bits per heavy atom. The van der Waals surface area contributed by atoms with Crippen LogP contribution in [0.15, 0.2) is 12.2 Å². The van der Waals surface area contributed by atoms with E-state index in [9.17, 15) is 70.2 Å². The van der Waals surface area contributed by atoms with E-state index in [1.165, 1.54) is 45.4 Å². The summed E-state index contributed by atoms with van der Waals surface area (Å²) in [4.78, 5) is 50.4. The summed E-state index contributed by atoms with van der Waals surface area (Å²) in [5.74, 6) is -3.46. The topological polar surface area (TPSA) is 374 Å². The van der Waals surface area contributed by atoms with Crippen molar-refractivity contribution < 1.29 is 98.7 Å². The van der Waals surface area contributed by atoms with Gasteiger partial charge in [-0.25, -0.2) is 0 Å². The molecule has 0 radical (unpaired) electrons. The molecular weight excluding hydrogens is 965 g/mol. The molecule has 1 saturated carbocycles. The fourth-order valence-corrected chi connectivity index (χ4v) is 10.00. The normalized spacial score (nSPS) is 36.9. The van der Waals surface area contributed by atoms with Gasteiger partial charge < -0.3 is 101 Å². The van der Waals surface area contributed by atoms with E-state index in [1.54, 1.807) is 0 Å². The number of nitrogens with one attached hydrogen (secondary N) is 4. The summed E-state index contributed by atoms with van der Waals surface area (Å²) in [5.41, 5.74) is 0. The molecule has 24 heteroatoms. The van der Waals surface area contributed by atoms with E-state index in [4.69, 9.17) is 28.4 Å². The van der Waals surface area contributed by atoms with Crippen molar-refractivity contribution in [3.8, 4) is 0 Å². The number of aliphatic hydroxyl groups is 10. The predicted molar refractivity (Wildman–Crippen MR) is 257 cm³/mol. The molecule has 4 aliphatic rings. The lowest BCUT2D eigenvalue weighted by atomic mass is 9.79. The van der Waals surface area contributed by atoms with Crippen LogP contribution in [0.4, 0.5) is 0 Å². The first kappa shape index (κ1) is 62.5. The van der Waals surface area contributed by atoms with Crippen molar-refractivity contribution in [2.75, 3.05) is 26.4 Å². The summed E-state index contributed by atoms with van der Waals surface area (Å²) < 4.78 is 36.3. The molecule has 20 atom stereocenters. The SMILES string of the molecule is CCCCCCCC/C=C\CCCCCCCC(=O)N[C@H]1C(O[C@H]2C(O)[C@@H](NC(C)=O)[C@H](O[C@H]3[C@H](O)[C@@H](NC(C)=O)[C@H](O[C@H]4C(O)[C@@H](NC(C)=O)[C@H](O)C[C@@H]4CO)O[C@@H]3CO)O[C@@H]2CO)O[C@H](CO)[C@@H](O)[C@@H]1O. The van der Waals surface area contributed by atoms with Gasteiger partial charge in [0.15, 0.2) is 18.9 Å². The number of amides is 4. The third-order valence-corrected chi connectivity index (χ3v) is 13.9. The highest BCUT2D eigenvalue weighted by molar-refractivity contribution is 5.76. The van der Waals surface area contributed by atoms with E-state index >= 15 is 0 Å². The highest BCUT2D eigenvalue weighted by Gasteiger charge is 2.56. The number of aliphatic hydroxyl groups excluding tert-OH is 10. The van der Waals surface area contributed by atoms with Crippen LogP contribution in [0.25, 0.3) is 0 Å². The predicted octanol–water partition coefficient (Wildman–Crippen LogP) is -2.49. The molecule has 73 heavy (non-hydrogen) atoms. The summed E-state index contributed by atoms with van der Waals surface area (Å²) in [6, 6.07) is -5.87. The monoisotopic (exact) mass is 1050 g/mol. The molecular formula is C49H86N4O20. The molecule has 3 saturated heterocycles. The average molecular weight is 1050 g/mol. The largest absolute Gasteiger partial charge is 0.396 e. The van der Waals surface area contributed by atoms with Gasteiger partial charge in [0.05, 0.1) is 38.1 Å². The average Bonchev–Trinajstić information content (AvgIpc) is 3.35. The lowest BCUT2D eigenvalue weighted by Crippen LogP contribution is -2.71. The lowest BCUT2D eigenvalue weighted by Gasteiger charge is -2.51. The number of carbonyl (C=O) groups excluding carboxylic acids is 4. The lowest BCUT2D eigenvalue weighted by molar-refractivity contribution is -0.357. The van der Waals surface area contributed by atoms with Gasteiger partial charge in [0, 0.05) is 39.7 Å². The minimum absolute atomic E-state index is 0.0574. The molecule has 0 aromatic heterocycles. The number of unbranched alkanes of at least 4 members (excludes halogenated alkanes) is 11. The number of carbonyl (C=O) groups is 4. The molecule has 0 aromatic carbocycles. The van der Waals surface area contributed by atoms with Crippen LogP contribution >= 0.6 is 0 Å². The zero-order valence-corrected chi connectivity index (χ0v) is 42.7. The Labute approximate surface area is 427 Å². The Morgan fingerprint density at radius 2 is 0.877 bits per heavy atom. The smallest absolute Gasteiger partial charge is 0.220 e. The van der Waals surface area contributed by atoms with Crippen molar-refractivity contribution in [1.29, 1.82) is 0 Å². The first-order chi connectivity index (χ1) is 34.9. The van der Waals surface area contributed by atoms with Crippen LogP contribution in [-0.2, 0) is 47.6 Å². The minimum atomic E-state index is -1.88. The molecule has 4 fully saturated rings. The van der Waals surface area contributed by atoms with Crippen molar-refractivity contribution in [2.45, 2.75) is 240 Å². The van der Waals surface area contributed by atoms with Gasteiger partial charge in [0.25, 0.3) is 0 Å². The van der Waals surface area contributed by atoms with Crippen LogP contribution in [-0.4, -0.2) is 217 Å². The maximum absolute atomic E-state index is 13.3. The number of hydrogen-bond donors (Lipinski definition) is 14. The Bertz CT molecular complexity index is 1690. The standard InChI is InChI=1S/C49H86N4O20/c1-5-6-7-8-9-10-11-12-13-14-15-16-17-18-19-20-34(62)53-36-40(64)39(63)31(23-55)68-47(36)72-45-33(25-57)70-49(38(43(45)67)52-28(4)60)73-46-32(24-56)69-48(37(42(46)66)51-27(3)59)71-44-29(22-54)21-30(61)35(41(44)65)50-26(2)58/h12-13,29-33,35-49,54-57,61,63-67H,5-11,14-25H2,1-4H3,(H,50,58)(H,51,59)(H,52,60)(H,53,62)/b13-12-/t29-,30-,31-,32-,33-,35+,36-,37-,38-,39-,40-,41?,42-,43?,44-,45-,46-,47?,48+,49+/m1/s1. The van der Waals surface area contributed by atoms with E-state index < -0.39 is 172 Å². The van der Waals surface area contributed by atoms with Gasteiger partial charge in [-0.15, -0.1) is 0 Å². The second kappa shape index (κ2) is 31.9. The van der Waals surface area contributed by atoms with E-state index in [-0.39, 0.29) is 12.8 Å². The fourth-order valence-electron chi connectivity index (χ4n) is 10.00. The summed E-state index contributed by atoms with van der Waals surface area (Å²) >= 11 is 0. The molecule has 4 amide bonds. The zero-order valence-electron chi connectivity index (χ0n) is 42.7. The summed E-state index contributed by atoms with van der Waals surface area (Å²) in [6.45, 7) is 2.41. The Hall–Kier alpha value is -3.02. The van der Waals surface area contributed by atoms with Crippen LogP contribution in [0.2, 0.25) is 0 Å². The van der Waals surface area contributed by atoms with Crippen molar-refractivity contribution in [3.05, 3.63) is 12.2 Å². The Kier molecular flexibility index (Phi) is 27.3. The quantitative estimate of drug-likeness (QED) is 0.0272. The molecule has 422 valence electrons. The van der Waals surface area contributed by atoms with Crippen LogP contribution in [0.1, 0.15) is 124 Å². The number of ether oxygens (including phenoxy) is 6. The first-order valence-corrected chi connectivity index (χ1v) is 26.1. The second-order valence-corrected chi connectivity index (χ2v) is 19.8. The molecule has 1 aliphatic carbocycles. The Balaban J connectivity index is 1.44. The van der Waals surface area contributed by atoms with Crippen LogP contribution in [0.3, 0.4) is 0 Å². The van der Waals surface area contributed by atoms with Crippen molar-refractivity contribution in [1.82, 2.24) is 21.3 Å². The maximum atomic E-state index is 13.3. The molecule has 3 unspecified atom stereocenters. The first-order valence-electron chi connectivity index (χ1n) is 26.1. The van der Waals surface area contributed by atoms with Gasteiger partial charge in [-0.05, 0) is 38.5 Å². The highest BCUT2D eigenvalue weighted by Crippen LogP contribution is 2.36. The van der Waals surface area contributed by atoms with Gasteiger partial charge in [-0.2, -0.15) is 0 Å². The molecule has 3 heterocycles. The van der Waals surface area contributed by atoms with E-state index in [2.05, 4.69) is 40.3 Å². The van der Waals surface area contributed by atoms with Gasteiger partial charge in [0.1, 0.15) is 79.2 Å². The molecule has 3 aliphatic heterocycles. The summed E-state index contributed by atoms with van der Waals surface area (Å²) in [7, 11) is 0. The molecule has 0 bridgehead atoms. The van der Waals surface area contributed by atoms with Crippen molar-refractivity contribution >= 4 is 23.6 Å². The number of rotatable bonds is 29. The minimum Gasteiger partial charge on any atom is -0.396 e. The van der Waals surface area contributed by atoms with E-state index in [0.717, 1.165) is 52.4 Å². The third-order valence-electron chi connectivity index (χ3n) is 13.9. The van der Waals surface area contributed by atoms with Crippen LogP contribution in [0, 0.1) is 5.92 Å². The van der Waals surface area contributed by atoms with E-state index in [1.807, 2.05) is 0 Å². The van der Waals surface area contributed by atoms with Gasteiger partial charge >= 0.3 is 0 Å². The molecule has 14 N–H and O–H groups in total. The number of hydrogen-bond acceptors (Lipinski definition) is 20. The maximum Gasteiger partial charge on any atom is 0.220 e. The number of allylic oxidation sites excluding steroid dienone is 2. The Morgan fingerprint density at radius 1 is 0.479 bits per heavy atom. The molecule has 0 aromatic rings. The molecule has 24 nitrogen and oxygen atoms in total. The zero-order chi connectivity index (χ0) is 53.8. The molecule has 4 rings (SSSR count). The summed E-state index contributed by atoms with van der Waals surface area (Å²) in [6.07, 6.45) is -6.17. The van der Waals surface area contributed by atoms with Crippen LogP contribution < -0.4 is 21.3 Å². The van der Waals surface area contributed by atoms with Crippen molar-refractivity contribution in [3.63, 3.8) is 0 Å². The van der Waals surface area contributed by atoms with E-state index in [0.29, 0.717) is 6.42 Å².